The molecule has 30 heavy (non-hydrogen) atoms. The number of hydrogen-bond acceptors (Lipinski definition) is 5. The van der Waals surface area contributed by atoms with Crippen LogP contribution in [0.2, 0.25) is 0 Å². The van der Waals surface area contributed by atoms with Crippen LogP contribution in [-0.4, -0.2) is 34.7 Å². The van der Waals surface area contributed by atoms with Crippen molar-refractivity contribution >= 4 is 17.5 Å². The van der Waals surface area contributed by atoms with E-state index in [0.717, 1.165) is 47.7 Å². The molecule has 0 atom stereocenters. The summed E-state index contributed by atoms with van der Waals surface area (Å²) in [7, 11) is 1.43. The molecular formula is C23H22FN3O3. The SMILES string of the molecule is CCc1nc(-c2ccc(OC)c(F)c2)nc2c1CCN2c1ccc(CC(=O)O)cc1. The summed E-state index contributed by atoms with van der Waals surface area (Å²) in [5.41, 5.74) is 4.34. The van der Waals surface area contributed by atoms with Gasteiger partial charge < -0.3 is 14.7 Å². The van der Waals surface area contributed by atoms with Crippen molar-refractivity contribution in [2.45, 2.75) is 26.2 Å². The molecule has 1 aliphatic rings. The van der Waals surface area contributed by atoms with Crippen molar-refractivity contribution in [1.82, 2.24) is 9.97 Å². The van der Waals surface area contributed by atoms with E-state index in [0.29, 0.717) is 11.4 Å². The first-order valence-corrected chi connectivity index (χ1v) is 9.82. The Morgan fingerprint density at radius 1 is 1.20 bits per heavy atom. The van der Waals surface area contributed by atoms with Crippen LogP contribution in [-0.2, 0) is 24.1 Å². The van der Waals surface area contributed by atoms with Gasteiger partial charge in [0, 0.05) is 29.1 Å². The number of anilines is 2. The number of carboxylic acid groups (broad SMARTS) is 1. The lowest BCUT2D eigenvalue weighted by molar-refractivity contribution is -0.136. The Morgan fingerprint density at radius 2 is 1.97 bits per heavy atom. The van der Waals surface area contributed by atoms with Gasteiger partial charge in [-0.1, -0.05) is 19.1 Å². The van der Waals surface area contributed by atoms with Crippen LogP contribution >= 0.6 is 0 Å². The van der Waals surface area contributed by atoms with Gasteiger partial charge in [0.05, 0.1) is 13.5 Å². The number of aromatic nitrogens is 2. The number of carbonyl (C=O) groups is 1. The maximum atomic E-state index is 14.2. The summed E-state index contributed by atoms with van der Waals surface area (Å²) in [5.74, 6) is 0.160. The maximum absolute atomic E-state index is 14.2. The molecule has 0 saturated heterocycles. The summed E-state index contributed by atoms with van der Waals surface area (Å²) in [6, 6.07) is 12.2. The van der Waals surface area contributed by atoms with Crippen LogP contribution in [0.15, 0.2) is 42.5 Å². The lowest BCUT2D eigenvalue weighted by Crippen LogP contribution is -2.15. The van der Waals surface area contributed by atoms with Gasteiger partial charge in [-0.05, 0) is 48.7 Å². The molecule has 6 nitrogen and oxygen atoms in total. The molecule has 2 aromatic carbocycles. The summed E-state index contributed by atoms with van der Waals surface area (Å²) in [6.07, 6.45) is 1.57. The fraction of sp³-hybridized carbons (Fsp3) is 0.261. The molecule has 0 aliphatic carbocycles. The van der Waals surface area contributed by atoms with E-state index in [-0.39, 0.29) is 12.2 Å². The number of halogens is 1. The molecule has 154 valence electrons. The Balaban J connectivity index is 1.73. The smallest absolute Gasteiger partial charge is 0.307 e. The molecule has 1 aromatic heterocycles. The molecule has 7 heteroatoms. The Hall–Kier alpha value is -3.48. The molecule has 1 aliphatic heterocycles. The second kappa shape index (κ2) is 8.10. The molecule has 0 unspecified atom stereocenters. The molecular weight excluding hydrogens is 385 g/mol. The molecule has 2 heterocycles. The van der Waals surface area contributed by atoms with Gasteiger partial charge in [-0.25, -0.2) is 14.4 Å². The molecule has 0 spiro atoms. The van der Waals surface area contributed by atoms with Gasteiger partial charge in [-0.2, -0.15) is 0 Å². The normalized spacial score (nSPS) is 12.7. The van der Waals surface area contributed by atoms with Gasteiger partial charge in [0.2, 0.25) is 0 Å². The monoisotopic (exact) mass is 407 g/mol. The summed E-state index contributed by atoms with van der Waals surface area (Å²) in [6.45, 7) is 2.81. The number of aryl methyl sites for hydroxylation is 1. The van der Waals surface area contributed by atoms with E-state index in [1.165, 1.54) is 13.2 Å². The Kier molecular flexibility index (Phi) is 5.35. The third-order valence-corrected chi connectivity index (χ3v) is 5.26. The molecule has 1 N–H and O–H groups in total. The number of rotatable bonds is 6. The van der Waals surface area contributed by atoms with E-state index in [9.17, 15) is 9.18 Å². The molecule has 0 amide bonds. The van der Waals surface area contributed by atoms with Crippen LogP contribution in [0, 0.1) is 5.82 Å². The topological polar surface area (TPSA) is 75.6 Å². The highest BCUT2D eigenvalue weighted by molar-refractivity contribution is 5.72. The van der Waals surface area contributed by atoms with Crippen molar-refractivity contribution in [1.29, 1.82) is 0 Å². The van der Waals surface area contributed by atoms with Crippen molar-refractivity contribution in [2.75, 3.05) is 18.6 Å². The molecule has 3 aromatic rings. The molecule has 0 radical (unpaired) electrons. The number of aliphatic carboxylic acids is 1. The quantitative estimate of drug-likeness (QED) is 0.661. The Bertz CT molecular complexity index is 1100. The first-order valence-electron chi connectivity index (χ1n) is 9.82. The Morgan fingerprint density at radius 3 is 2.60 bits per heavy atom. The summed E-state index contributed by atoms with van der Waals surface area (Å²) < 4.78 is 19.2. The number of methoxy groups -OCH3 is 1. The van der Waals surface area contributed by atoms with E-state index >= 15 is 0 Å². The van der Waals surface area contributed by atoms with Crippen LogP contribution in [0.3, 0.4) is 0 Å². The van der Waals surface area contributed by atoms with Crippen molar-refractivity contribution in [3.05, 3.63) is 65.1 Å². The number of hydrogen-bond donors (Lipinski definition) is 1. The molecule has 0 saturated carbocycles. The van der Waals surface area contributed by atoms with Crippen molar-refractivity contribution in [3.8, 4) is 17.1 Å². The fourth-order valence-corrected chi connectivity index (χ4v) is 3.77. The number of fused-ring (bicyclic) bond motifs is 1. The van der Waals surface area contributed by atoms with Gasteiger partial charge in [0.25, 0.3) is 0 Å². The van der Waals surface area contributed by atoms with Gasteiger partial charge in [0.15, 0.2) is 17.4 Å². The van der Waals surface area contributed by atoms with Crippen LogP contribution < -0.4 is 9.64 Å². The van der Waals surface area contributed by atoms with Crippen LogP contribution in [0.5, 0.6) is 5.75 Å². The number of benzene rings is 2. The molecule has 0 bridgehead atoms. The summed E-state index contributed by atoms with van der Waals surface area (Å²) in [5, 5.41) is 8.96. The third kappa shape index (κ3) is 3.70. The number of nitrogens with zero attached hydrogens (tertiary/aromatic N) is 3. The zero-order valence-electron chi connectivity index (χ0n) is 16.9. The minimum Gasteiger partial charge on any atom is -0.494 e. The van der Waals surface area contributed by atoms with E-state index in [1.54, 1.807) is 12.1 Å². The molecule has 4 rings (SSSR count). The lowest BCUT2D eigenvalue weighted by atomic mass is 10.1. The first-order chi connectivity index (χ1) is 14.5. The largest absolute Gasteiger partial charge is 0.494 e. The Labute approximate surface area is 174 Å². The minimum absolute atomic E-state index is 0.00774. The van der Waals surface area contributed by atoms with Crippen molar-refractivity contribution in [2.24, 2.45) is 0 Å². The van der Waals surface area contributed by atoms with Crippen LogP contribution in [0.4, 0.5) is 15.9 Å². The minimum atomic E-state index is -0.856. The maximum Gasteiger partial charge on any atom is 0.307 e. The van der Waals surface area contributed by atoms with Crippen molar-refractivity contribution < 1.29 is 19.0 Å². The van der Waals surface area contributed by atoms with E-state index in [2.05, 4.69) is 4.90 Å². The standard InChI is InChI=1S/C23H22FN3O3/c1-3-19-17-10-11-27(16-7-4-14(5-8-16)12-21(28)29)23(17)26-22(25-19)15-6-9-20(30-2)18(24)13-15/h4-9,13H,3,10-12H2,1-2H3,(H,28,29). The highest BCUT2D eigenvalue weighted by Gasteiger charge is 2.26. The average molecular weight is 407 g/mol. The predicted octanol–water partition coefficient (Wildman–Crippen LogP) is 4.18. The second-order valence-electron chi connectivity index (χ2n) is 7.14. The van der Waals surface area contributed by atoms with E-state index in [1.807, 2.05) is 31.2 Å². The van der Waals surface area contributed by atoms with Crippen LogP contribution in [0.1, 0.15) is 23.7 Å². The molecule has 0 fully saturated rings. The van der Waals surface area contributed by atoms with E-state index in [4.69, 9.17) is 19.8 Å². The summed E-state index contributed by atoms with van der Waals surface area (Å²) in [4.78, 5) is 22.5. The first kappa shape index (κ1) is 19.8. The highest BCUT2D eigenvalue weighted by Crippen LogP contribution is 2.36. The van der Waals surface area contributed by atoms with Gasteiger partial charge in [0.1, 0.15) is 5.82 Å². The highest BCUT2D eigenvalue weighted by atomic mass is 19.1. The van der Waals surface area contributed by atoms with Gasteiger partial charge >= 0.3 is 5.97 Å². The fourth-order valence-electron chi connectivity index (χ4n) is 3.77. The number of ether oxygens (including phenoxy) is 1. The summed E-state index contributed by atoms with van der Waals surface area (Å²) >= 11 is 0. The lowest BCUT2D eigenvalue weighted by Gasteiger charge is -2.20. The zero-order chi connectivity index (χ0) is 21.3. The van der Waals surface area contributed by atoms with E-state index < -0.39 is 11.8 Å². The third-order valence-electron chi connectivity index (χ3n) is 5.26. The zero-order valence-corrected chi connectivity index (χ0v) is 16.9. The predicted molar refractivity (Wildman–Crippen MR) is 112 cm³/mol. The van der Waals surface area contributed by atoms with Gasteiger partial charge in [-0.15, -0.1) is 0 Å². The van der Waals surface area contributed by atoms with Gasteiger partial charge in [-0.3, -0.25) is 4.79 Å². The average Bonchev–Trinajstić information content (AvgIpc) is 3.17. The van der Waals surface area contributed by atoms with Crippen LogP contribution in [0.25, 0.3) is 11.4 Å². The second-order valence-corrected chi connectivity index (χ2v) is 7.14. The number of carboxylic acids is 1. The van der Waals surface area contributed by atoms with Crippen molar-refractivity contribution in [3.63, 3.8) is 0 Å².